The molecule has 0 saturated heterocycles. The third kappa shape index (κ3) is 3.12. The first-order valence-electron chi connectivity index (χ1n) is 4.35. The van der Waals surface area contributed by atoms with Gasteiger partial charge in [0.2, 0.25) is 0 Å². The number of hydrogen-bond acceptors (Lipinski definition) is 4. The van der Waals surface area contributed by atoms with E-state index in [0.29, 0.717) is 12.4 Å². The standard InChI is InChI=1S/C10H14O3S/c1-3-12-8-4-5-9(10(14)6-8)13-7-11-2/h4-6,14H,3,7H2,1-2H3. The quantitative estimate of drug-likeness (QED) is 0.602. The molecule has 0 bridgehead atoms. The van der Waals surface area contributed by atoms with E-state index in [9.17, 15) is 0 Å². The summed E-state index contributed by atoms with van der Waals surface area (Å²) in [5.41, 5.74) is 0. The van der Waals surface area contributed by atoms with Crippen LogP contribution in [0.1, 0.15) is 6.92 Å². The highest BCUT2D eigenvalue weighted by Crippen LogP contribution is 2.27. The number of hydrogen-bond donors (Lipinski definition) is 1. The molecule has 0 unspecified atom stereocenters. The van der Waals surface area contributed by atoms with Gasteiger partial charge in [-0.05, 0) is 25.1 Å². The lowest BCUT2D eigenvalue weighted by Gasteiger charge is -2.09. The number of methoxy groups -OCH3 is 1. The second kappa shape index (κ2) is 5.78. The highest BCUT2D eigenvalue weighted by molar-refractivity contribution is 7.80. The van der Waals surface area contributed by atoms with E-state index in [0.717, 1.165) is 10.6 Å². The summed E-state index contributed by atoms with van der Waals surface area (Å²) in [6.45, 7) is 2.81. The highest BCUT2D eigenvalue weighted by Gasteiger charge is 2.01. The van der Waals surface area contributed by atoms with E-state index in [2.05, 4.69) is 12.6 Å². The number of benzene rings is 1. The number of ether oxygens (including phenoxy) is 3. The second-order valence-corrected chi connectivity index (χ2v) is 3.10. The van der Waals surface area contributed by atoms with Crippen molar-refractivity contribution in [3.63, 3.8) is 0 Å². The molecule has 0 aliphatic rings. The molecule has 3 nitrogen and oxygen atoms in total. The Morgan fingerprint density at radius 3 is 2.64 bits per heavy atom. The molecule has 0 amide bonds. The van der Waals surface area contributed by atoms with E-state index in [1.807, 2.05) is 25.1 Å². The SMILES string of the molecule is CCOc1ccc(OCOC)c(S)c1. The van der Waals surface area contributed by atoms with Gasteiger partial charge in [-0.25, -0.2) is 0 Å². The molecule has 0 spiro atoms. The highest BCUT2D eigenvalue weighted by atomic mass is 32.1. The van der Waals surface area contributed by atoms with E-state index in [-0.39, 0.29) is 6.79 Å². The Morgan fingerprint density at radius 1 is 1.29 bits per heavy atom. The van der Waals surface area contributed by atoms with Crippen molar-refractivity contribution in [2.45, 2.75) is 11.8 Å². The number of rotatable bonds is 5. The van der Waals surface area contributed by atoms with Crippen molar-refractivity contribution in [3.05, 3.63) is 18.2 Å². The summed E-state index contributed by atoms with van der Waals surface area (Å²) in [6, 6.07) is 5.47. The van der Waals surface area contributed by atoms with Gasteiger partial charge in [0.05, 0.1) is 11.5 Å². The smallest absolute Gasteiger partial charge is 0.188 e. The van der Waals surface area contributed by atoms with Gasteiger partial charge in [0.15, 0.2) is 6.79 Å². The maximum absolute atomic E-state index is 5.31. The van der Waals surface area contributed by atoms with Gasteiger partial charge in [-0.3, -0.25) is 0 Å². The van der Waals surface area contributed by atoms with E-state index in [1.54, 1.807) is 7.11 Å². The van der Waals surface area contributed by atoms with Crippen LogP contribution in [0.3, 0.4) is 0 Å². The van der Waals surface area contributed by atoms with Gasteiger partial charge in [0, 0.05) is 7.11 Å². The van der Waals surface area contributed by atoms with Gasteiger partial charge < -0.3 is 14.2 Å². The predicted molar refractivity (Wildman–Crippen MR) is 57.4 cm³/mol. The van der Waals surface area contributed by atoms with Crippen molar-refractivity contribution in [2.24, 2.45) is 0 Å². The van der Waals surface area contributed by atoms with Crippen molar-refractivity contribution in [3.8, 4) is 11.5 Å². The Bertz CT molecular complexity index is 289. The van der Waals surface area contributed by atoms with Crippen LogP contribution in [0, 0.1) is 0 Å². The van der Waals surface area contributed by atoms with Crippen molar-refractivity contribution < 1.29 is 14.2 Å². The molecule has 1 aromatic rings. The number of thiol groups is 1. The minimum atomic E-state index is 0.224. The molecule has 1 aromatic carbocycles. The van der Waals surface area contributed by atoms with Crippen molar-refractivity contribution in [2.75, 3.05) is 20.5 Å². The lowest BCUT2D eigenvalue weighted by Crippen LogP contribution is -2.00. The molecule has 0 atom stereocenters. The van der Waals surface area contributed by atoms with Gasteiger partial charge in [0.1, 0.15) is 11.5 Å². The van der Waals surface area contributed by atoms with Gasteiger partial charge in [0.25, 0.3) is 0 Å². The Kier molecular flexibility index (Phi) is 4.62. The Balaban J connectivity index is 2.68. The summed E-state index contributed by atoms with van der Waals surface area (Å²) >= 11 is 4.27. The zero-order chi connectivity index (χ0) is 10.4. The molecule has 0 heterocycles. The van der Waals surface area contributed by atoms with E-state index >= 15 is 0 Å². The van der Waals surface area contributed by atoms with Crippen LogP contribution < -0.4 is 9.47 Å². The van der Waals surface area contributed by atoms with E-state index in [1.165, 1.54) is 0 Å². The topological polar surface area (TPSA) is 27.7 Å². The molecule has 0 aliphatic heterocycles. The minimum Gasteiger partial charge on any atom is -0.494 e. The zero-order valence-corrected chi connectivity index (χ0v) is 9.21. The molecule has 4 heteroatoms. The molecule has 78 valence electrons. The Labute approximate surface area is 89.4 Å². The second-order valence-electron chi connectivity index (χ2n) is 2.61. The van der Waals surface area contributed by atoms with Gasteiger partial charge in [-0.2, -0.15) is 0 Å². The monoisotopic (exact) mass is 214 g/mol. The molecule has 14 heavy (non-hydrogen) atoms. The first-order chi connectivity index (χ1) is 6.77. The maximum atomic E-state index is 5.31. The lowest BCUT2D eigenvalue weighted by molar-refractivity contribution is 0.0491. The van der Waals surface area contributed by atoms with Gasteiger partial charge in [-0.15, -0.1) is 12.6 Å². The van der Waals surface area contributed by atoms with E-state index in [4.69, 9.17) is 14.2 Å². The molecule has 0 N–H and O–H groups in total. The van der Waals surface area contributed by atoms with Crippen LogP contribution in [0.4, 0.5) is 0 Å². The summed E-state index contributed by atoms with van der Waals surface area (Å²) in [5.74, 6) is 1.49. The lowest BCUT2D eigenvalue weighted by atomic mass is 10.3. The third-order valence-corrected chi connectivity index (χ3v) is 1.92. The summed E-state index contributed by atoms with van der Waals surface area (Å²) in [4.78, 5) is 0.744. The van der Waals surface area contributed by atoms with Gasteiger partial charge in [-0.1, -0.05) is 0 Å². The van der Waals surface area contributed by atoms with Crippen LogP contribution in [0.5, 0.6) is 11.5 Å². The summed E-state index contributed by atoms with van der Waals surface area (Å²) in [5, 5.41) is 0. The van der Waals surface area contributed by atoms with Crippen LogP contribution in [0.2, 0.25) is 0 Å². The molecule has 0 aromatic heterocycles. The molecular formula is C10H14O3S. The van der Waals surface area contributed by atoms with Crippen LogP contribution in [-0.4, -0.2) is 20.5 Å². The fourth-order valence-electron chi connectivity index (χ4n) is 0.998. The first-order valence-corrected chi connectivity index (χ1v) is 4.80. The molecule has 1 rings (SSSR count). The summed E-state index contributed by atoms with van der Waals surface area (Å²) < 4.78 is 15.4. The Morgan fingerprint density at radius 2 is 2.07 bits per heavy atom. The average Bonchev–Trinajstić information content (AvgIpc) is 2.17. The maximum Gasteiger partial charge on any atom is 0.188 e. The van der Waals surface area contributed by atoms with Gasteiger partial charge >= 0.3 is 0 Å². The van der Waals surface area contributed by atoms with Crippen LogP contribution in [-0.2, 0) is 4.74 Å². The normalized spacial score (nSPS) is 9.93. The van der Waals surface area contributed by atoms with E-state index < -0.39 is 0 Å². The van der Waals surface area contributed by atoms with Crippen LogP contribution >= 0.6 is 12.6 Å². The van der Waals surface area contributed by atoms with Crippen LogP contribution in [0.25, 0.3) is 0 Å². The molecule has 0 fully saturated rings. The summed E-state index contributed by atoms with van der Waals surface area (Å²) in [6.07, 6.45) is 0. The Hall–Kier alpha value is -0.870. The predicted octanol–water partition coefficient (Wildman–Crippen LogP) is 2.36. The first kappa shape index (κ1) is 11.2. The minimum absolute atomic E-state index is 0.224. The molecule has 0 aliphatic carbocycles. The van der Waals surface area contributed by atoms with Crippen molar-refractivity contribution in [1.29, 1.82) is 0 Å². The molecule has 0 saturated carbocycles. The molecular weight excluding hydrogens is 200 g/mol. The largest absolute Gasteiger partial charge is 0.494 e. The third-order valence-electron chi connectivity index (χ3n) is 1.57. The van der Waals surface area contributed by atoms with Crippen molar-refractivity contribution in [1.82, 2.24) is 0 Å². The fraction of sp³-hybridized carbons (Fsp3) is 0.400. The molecule has 0 radical (unpaired) electrons. The summed E-state index contributed by atoms with van der Waals surface area (Å²) in [7, 11) is 1.58. The fourth-order valence-corrected chi connectivity index (χ4v) is 1.26. The van der Waals surface area contributed by atoms with Crippen LogP contribution in [0.15, 0.2) is 23.1 Å². The average molecular weight is 214 g/mol. The zero-order valence-electron chi connectivity index (χ0n) is 8.32. The van der Waals surface area contributed by atoms with Crippen molar-refractivity contribution >= 4 is 12.6 Å².